The van der Waals surface area contributed by atoms with Crippen molar-refractivity contribution in [2.45, 2.75) is 30.6 Å². The van der Waals surface area contributed by atoms with E-state index in [9.17, 15) is 17.6 Å². The van der Waals surface area contributed by atoms with Gasteiger partial charge in [0.1, 0.15) is 5.82 Å². The Morgan fingerprint density at radius 3 is 2.24 bits per heavy atom. The zero-order valence-corrected chi connectivity index (χ0v) is 17.4. The van der Waals surface area contributed by atoms with Gasteiger partial charge in [0.2, 0.25) is 0 Å². The van der Waals surface area contributed by atoms with E-state index in [2.05, 4.69) is 0 Å². The molecule has 0 unspecified atom stereocenters. The van der Waals surface area contributed by atoms with E-state index in [-0.39, 0.29) is 17.1 Å². The lowest BCUT2D eigenvalue weighted by molar-refractivity contribution is -0.137. The number of thiazole rings is 1. The number of rotatable bonds is 8. The second-order valence-electron chi connectivity index (χ2n) is 6.69. The van der Waals surface area contributed by atoms with E-state index in [1.807, 2.05) is 0 Å². The van der Waals surface area contributed by atoms with Crippen molar-refractivity contribution >= 4 is 27.1 Å². The highest BCUT2D eigenvalue weighted by molar-refractivity contribution is 7.90. The van der Waals surface area contributed by atoms with Crippen LogP contribution < -0.4 is 0 Å². The Balaban J connectivity index is 1.95. The van der Waals surface area contributed by atoms with Gasteiger partial charge < -0.3 is 5.11 Å². The number of carboxylic acids is 1. The van der Waals surface area contributed by atoms with Crippen LogP contribution in [0.15, 0.2) is 53.4 Å². The molecule has 0 saturated carbocycles. The highest BCUT2D eigenvalue weighted by atomic mass is 32.2. The van der Waals surface area contributed by atoms with Crippen LogP contribution in [0.2, 0.25) is 0 Å². The molecule has 1 heterocycles. The first-order valence-electron chi connectivity index (χ1n) is 9.02. The van der Waals surface area contributed by atoms with Gasteiger partial charge in [0.25, 0.3) is 0 Å². The smallest absolute Gasteiger partial charge is 0.303 e. The van der Waals surface area contributed by atoms with Gasteiger partial charge in [-0.3, -0.25) is 4.79 Å². The molecule has 29 heavy (non-hydrogen) atoms. The summed E-state index contributed by atoms with van der Waals surface area (Å²) in [4.78, 5) is 16.5. The molecular weight excluding hydrogens is 413 g/mol. The standard InChI is InChI=1S/C21H20FNO4S2/c1-29(26,27)17-12-8-14(9-13-17)20-21(15-6-10-16(22)11-7-15)28-18(23-20)4-2-3-5-19(24)25/h6-13H,2-5H2,1H3,(H,24,25). The van der Waals surface area contributed by atoms with Gasteiger partial charge in [-0.15, -0.1) is 11.3 Å². The molecule has 0 bridgehead atoms. The molecule has 3 aromatic rings. The Hall–Kier alpha value is -2.58. The maximum Gasteiger partial charge on any atom is 0.303 e. The average Bonchev–Trinajstić information content (AvgIpc) is 3.09. The van der Waals surface area contributed by atoms with Crippen LogP contribution in [0.1, 0.15) is 24.3 Å². The lowest BCUT2D eigenvalue weighted by Gasteiger charge is -2.04. The van der Waals surface area contributed by atoms with Crippen LogP contribution in [0.3, 0.4) is 0 Å². The van der Waals surface area contributed by atoms with Gasteiger partial charge in [-0.2, -0.15) is 0 Å². The number of unbranched alkanes of at least 4 members (excludes halogenated alkanes) is 1. The van der Waals surface area contributed by atoms with Crippen LogP contribution in [-0.4, -0.2) is 30.7 Å². The molecule has 0 aliphatic heterocycles. The zero-order chi connectivity index (χ0) is 21.0. The van der Waals surface area contributed by atoms with Crippen molar-refractivity contribution in [3.05, 3.63) is 59.4 Å². The summed E-state index contributed by atoms with van der Waals surface area (Å²) >= 11 is 1.48. The van der Waals surface area contributed by atoms with Gasteiger partial charge in [-0.1, -0.05) is 24.3 Å². The quantitative estimate of drug-likeness (QED) is 0.515. The first-order valence-corrected chi connectivity index (χ1v) is 11.7. The molecule has 0 spiro atoms. The highest BCUT2D eigenvalue weighted by Gasteiger charge is 2.16. The average molecular weight is 434 g/mol. The first kappa shape index (κ1) is 21.1. The summed E-state index contributed by atoms with van der Waals surface area (Å²) in [5, 5.41) is 9.63. The van der Waals surface area contributed by atoms with Crippen LogP contribution in [0.5, 0.6) is 0 Å². The number of nitrogens with zero attached hydrogens (tertiary/aromatic N) is 1. The fourth-order valence-electron chi connectivity index (χ4n) is 2.88. The maximum atomic E-state index is 13.3. The number of aliphatic carboxylic acids is 1. The Kier molecular flexibility index (Phi) is 6.44. The monoisotopic (exact) mass is 433 g/mol. The molecule has 1 aromatic heterocycles. The summed E-state index contributed by atoms with van der Waals surface area (Å²) in [7, 11) is -3.29. The molecule has 0 fully saturated rings. The molecule has 2 aromatic carbocycles. The fourth-order valence-corrected chi connectivity index (χ4v) is 4.64. The molecular formula is C21H20FNO4S2. The SMILES string of the molecule is CS(=O)(=O)c1ccc(-c2nc(CCCCC(=O)O)sc2-c2ccc(F)cc2)cc1. The lowest BCUT2D eigenvalue weighted by atomic mass is 10.1. The van der Waals surface area contributed by atoms with Crippen molar-refractivity contribution < 1.29 is 22.7 Å². The molecule has 3 rings (SSSR count). The second-order valence-corrected chi connectivity index (χ2v) is 9.79. The number of carbonyl (C=O) groups is 1. The minimum absolute atomic E-state index is 0.121. The number of aromatic nitrogens is 1. The minimum atomic E-state index is -3.29. The largest absolute Gasteiger partial charge is 0.481 e. The summed E-state index contributed by atoms with van der Waals surface area (Å²) in [6, 6.07) is 12.7. The normalized spacial score (nSPS) is 11.5. The van der Waals surface area contributed by atoms with E-state index in [1.54, 1.807) is 36.4 Å². The van der Waals surface area contributed by atoms with Gasteiger partial charge in [0.15, 0.2) is 9.84 Å². The summed E-state index contributed by atoms with van der Waals surface area (Å²) < 4.78 is 36.8. The van der Waals surface area contributed by atoms with Crippen molar-refractivity contribution in [3.63, 3.8) is 0 Å². The van der Waals surface area contributed by atoms with Gasteiger partial charge >= 0.3 is 5.97 Å². The van der Waals surface area contributed by atoms with E-state index < -0.39 is 15.8 Å². The number of hydrogen-bond donors (Lipinski definition) is 1. The Labute approximate surface area is 172 Å². The van der Waals surface area contributed by atoms with Crippen LogP contribution in [0.4, 0.5) is 4.39 Å². The number of sulfone groups is 1. The Morgan fingerprint density at radius 2 is 1.66 bits per heavy atom. The van der Waals surface area contributed by atoms with Gasteiger partial charge in [-0.25, -0.2) is 17.8 Å². The Morgan fingerprint density at radius 1 is 1.03 bits per heavy atom. The molecule has 0 radical (unpaired) electrons. The predicted octanol–water partition coefficient (Wildman–Crippen LogP) is 4.82. The van der Waals surface area contributed by atoms with Crippen LogP contribution in [-0.2, 0) is 21.1 Å². The number of benzene rings is 2. The third-order valence-electron chi connectivity index (χ3n) is 4.37. The van der Waals surface area contributed by atoms with E-state index >= 15 is 0 Å². The van der Waals surface area contributed by atoms with Crippen molar-refractivity contribution in [3.8, 4) is 21.7 Å². The predicted molar refractivity (Wildman–Crippen MR) is 111 cm³/mol. The number of hydrogen-bond acceptors (Lipinski definition) is 5. The summed E-state index contributed by atoms with van der Waals surface area (Å²) in [6.45, 7) is 0. The van der Waals surface area contributed by atoms with E-state index in [4.69, 9.17) is 10.1 Å². The van der Waals surface area contributed by atoms with Gasteiger partial charge in [-0.05, 0) is 49.1 Å². The minimum Gasteiger partial charge on any atom is -0.481 e. The molecule has 0 aliphatic carbocycles. The molecule has 8 heteroatoms. The molecule has 0 saturated heterocycles. The molecule has 0 amide bonds. The van der Waals surface area contributed by atoms with E-state index in [0.29, 0.717) is 25.0 Å². The van der Waals surface area contributed by atoms with Crippen molar-refractivity contribution in [1.29, 1.82) is 0 Å². The second kappa shape index (κ2) is 8.84. The fraction of sp³-hybridized carbons (Fsp3) is 0.238. The van der Waals surface area contributed by atoms with Crippen LogP contribution in [0, 0.1) is 5.82 Å². The molecule has 0 aliphatic rings. The number of carboxylic acid groups (broad SMARTS) is 1. The molecule has 1 N–H and O–H groups in total. The topological polar surface area (TPSA) is 84.3 Å². The highest BCUT2D eigenvalue weighted by Crippen LogP contribution is 2.37. The van der Waals surface area contributed by atoms with Crippen LogP contribution >= 0.6 is 11.3 Å². The van der Waals surface area contributed by atoms with E-state index in [1.165, 1.54) is 23.5 Å². The third-order valence-corrected chi connectivity index (χ3v) is 6.66. The van der Waals surface area contributed by atoms with Gasteiger partial charge in [0.05, 0.1) is 20.5 Å². The Bertz CT molecular complexity index is 1100. The first-order chi connectivity index (χ1) is 13.7. The van der Waals surface area contributed by atoms with Gasteiger partial charge in [0, 0.05) is 18.2 Å². The van der Waals surface area contributed by atoms with Crippen molar-refractivity contribution in [1.82, 2.24) is 4.98 Å². The van der Waals surface area contributed by atoms with E-state index in [0.717, 1.165) is 27.3 Å². The van der Waals surface area contributed by atoms with Crippen molar-refractivity contribution in [2.75, 3.05) is 6.26 Å². The number of aryl methyl sites for hydroxylation is 1. The summed E-state index contributed by atoms with van der Waals surface area (Å²) in [5.41, 5.74) is 2.29. The molecule has 152 valence electrons. The van der Waals surface area contributed by atoms with Crippen molar-refractivity contribution in [2.24, 2.45) is 0 Å². The maximum absolute atomic E-state index is 13.3. The van der Waals surface area contributed by atoms with Crippen LogP contribution in [0.25, 0.3) is 21.7 Å². The summed E-state index contributed by atoms with van der Waals surface area (Å²) in [5.74, 6) is -1.14. The summed E-state index contributed by atoms with van der Waals surface area (Å²) in [6.07, 6.45) is 3.20. The molecule has 0 atom stereocenters. The zero-order valence-electron chi connectivity index (χ0n) is 15.8. The number of halogens is 1. The lowest BCUT2D eigenvalue weighted by Crippen LogP contribution is -1.96. The third kappa shape index (κ3) is 5.48. The molecule has 5 nitrogen and oxygen atoms in total.